The number of hydrogen-bond donors (Lipinski definition) is 3. The van der Waals surface area contributed by atoms with Crippen LogP contribution in [0.15, 0.2) is 24.4 Å². The number of rotatable bonds is 2. The van der Waals surface area contributed by atoms with Crippen LogP contribution in [0.3, 0.4) is 0 Å². The monoisotopic (exact) mass is 492 g/mol. The van der Waals surface area contributed by atoms with Crippen molar-refractivity contribution in [3.05, 3.63) is 51.6 Å². The summed E-state index contributed by atoms with van der Waals surface area (Å²) in [5.41, 5.74) is -1.76. The summed E-state index contributed by atoms with van der Waals surface area (Å²) >= 11 is 12.1. The van der Waals surface area contributed by atoms with Gasteiger partial charge in [0.2, 0.25) is 5.91 Å². The second-order valence-electron chi connectivity index (χ2n) is 9.98. The molecule has 2 aliphatic heterocycles. The van der Waals surface area contributed by atoms with Crippen LogP contribution in [0, 0.1) is 11.2 Å². The molecule has 174 valence electrons. The summed E-state index contributed by atoms with van der Waals surface area (Å²) in [4.78, 5) is 34.6. The normalized spacial score (nSPS) is 29.3. The number of hydrogen-bond acceptors (Lipinski definition) is 5. The number of carbonyl (C=O) groups excluding carboxylic acids is 1. The second kappa shape index (κ2) is 7.35. The van der Waals surface area contributed by atoms with Crippen molar-refractivity contribution in [3.63, 3.8) is 0 Å². The second-order valence-corrected chi connectivity index (χ2v) is 10.7. The van der Waals surface area contributed by atoms with Gasteiger partial charge in [-0.3, -0.25) is 14.9 Å². The Morgan fingerprint density at radius 2 is 1.88 bits per heavy atom. The standard InChI is InChI=1S/C23H23Cl2FN4O3/c1-21(2)6-8-22(9-7-21)23(12-3-4-13(24)28-18(12)29-20(23)33)14(16(30-22)19(31)32)11-5-10-27-17(25)15(11)26/h3-5,10,14,16,30H,6-9H2,1-2H3,(H,31,32)(H,28,29,33)/t14-,16+,23?/m0/s1. The van der Waals surface area contributed by atoms with Gasteiger partial charge in [0.1, 0.15) is 22.4 Å². The van der Waals surface area contributed by atoms with E-state index >= 15 is 4.39 Å². The lowest BCUT2D eigenvalue weighted by Crippen LogP contribution is -2.61. The molecule has 10 heteroatoms. The summed E-state index contributed by atoms with van der Waals surface area (Å²) in [5.74, 6) is -3.22. The third-order valence-corrected chi connectivity index (χ3v) is 8.27. The minimum atomic E-state index is -1.43. The van der Waals surface area contributed by atoms with Crippen LogP contribution >= 0.6 is 23.2 Å². The Kier molecular flexibility index (Phi) is 5.01. The van der Waals surface area contributed by atoms with Gasteiger partial charge >= 0.3 is 5.97 Å². The van der Waals surface area contributed by atoms with Crippen LogP contribution in [0.2, 0.25) is 10.3 Å². The summed E-state index contributed by atoms with van der Waals surface area (Å²) in [6, 6.07) is 3.45. The molecule has 1 amide bonds. The molecule has 3 atom stereocenters. The highest BCUT2D eigenvalue weighted by atomic mass is 35.5. The summed E-state index contributed by atoms with van der Waals surface area (Å²) in [6.07, 6.45) is 3.94. The Morgan fingerprint density at radius 3 is 2.55 bits per heavy atom. The number of carbonyl (C=O) groups is 2. The molecule has 2 aromatic heterocycles. The van der Waals surface area contributed by atoms with Crippen LogP contribution in [0.1, 0.15) is 56.6 Å². The Bertz CT molecular complexity index is 1180. The molecule has 2 fully saturated rings. The topological polar surface area (TPSA) is 104 Å². The molecular formula is C23H23Cl2FN4O3. The molecule has 1 aliphatic carbocycles. The van der Waals surface area contributed by atoms with Crippen molar-refractivity contribution in [3.8, 4) is 0 Å². The number of amides is 1. The fourth-order valence-corrected chi connectivity index (χ4v) is 6.50. The first-order valence-corrected chi connectivity index (χ1v) is 11.6. The molecule has 2 aromatic rings. The largest absolute Gasteiger partial charge is 0.480 e. The molecule has 0 radical (unpaired) electrons. The average Bonchev–Trinajstić information content (AvgIpc) is 3.20. The highest BCUT2D eigenvalue weighted by Crippen LogP contribution is 2.63. The Labute approximate surface area is 200 Å². The average molecular weight is 493 g/mol. The van der Waals surface area contributed by atoms with Gasteiger partial charge in [0.15, 0.2) is 11.0 Å². The molecule has 2 spiro atoms. The van der Waals surface area contributed by atoms with Crippen LogP contribution in [0.4, 0.5) is 10.2 Å². The Morgan fingerprint density at radius 1 is 1.18 bits per heavy atom. The van der Waals surface area contributed by atoms with Crippen molar-refractivity contribution in [1.29, 1.82) is 0 Å². The molecule has 1 saturated carbocycles. The first-order valence-electron chi connectivity index (χ1n) is 10.8. The van der Waals surface area contributed by atoms with Crippen LogP contribution in [0.25, 0.3) is 0 Å². The molecule has 7 nitrogen and oxygen atoms in total. The van der Waals surface area contributed by atoms with Crippen molar-refractivity contribution in [2.45, 2.75) is 62.4 Å². The van der Waals surface area contributed by atoms with Crippen molar-refractivity contribution >= 4 is 40.9 Å². The van der Waals surface area contributed by atoms with E-state index in [-0.39, 0.29) is 27.1 Å². The zero-order chi connectivity index (χ0) is 23.8. The maximum absolute atomic E-state index is 15.4. The highest BCUT2D eigenvalue weighted by Gasteiger charge is 2.73. The smallest absolute Gasteiger partial charge is 0.321 e. The van der Waals surface area contributed by atoms with E-state index in [0.717, 1.165) is 12.8 Å². The van der Waals surface area contributed by atoms with Gasteiger partial charge < -0.3 is 10.4 Å². The summed E-state index contributed by atoms with van der Waals surface area (Å²) < 4.78 is 15.4. The van der Waals surface area contributed by atoms with Gasteiger partial charge in [-0.1, -0.05) is 43.1 Å². The number of carboxylic acids is 1. The predicted octanol–water partition coefficient (Wildman–Crippen LogP) is 4.29. The number of carboxylic acid groups (broad SMARTS) is 1. The SMILES string of the molecule is CC1(C)CCC2(CC1)N[C@@H](C(=O)O)[C@H](c1ccnc(Cl)c1F)C21C(=O)Nc2nc(Cl)ccc21. The van der Waals surface area contributed by atoms with Gasteiger partial charge in [-0.15, -0.1) is 0 Å². The van der Waals surface area contributed by atoms with E-state index in [4.69, 9.17) is 23.2 Å². The molecule has 5 rings (SSSR count). The minimum Gasteiger partial charge on any atom is -0.480 e. The van der Waals surface area contributed by atoms with Crippen molar-refractivity contribution in [1.82, 2.24) is 15.3 Å². The molecule has 3 aliphatic rings. The van der Waals surface area contributed by atoms with Crippen LogP contribution in [-0.4, -0.2) is 38.5 Å². The third-order valence-electron chi connectivity index (χ3n) is 7.80. The number of aromatic nitrogens is 2. The first-order chi connectivity index (χ1) is 15.5. The predicted molar refractivity (Wildman–Crippen MR) is 121 cm³/mol. The zero-order valence-electron chi connectivity index (χ0n) is 18.1. The lowest BCUT2D eigenvalue weighted by Gasteiger charge is -2.50. The molecule has 1 unspecified atom stereocenters. The fraction of sp³-hybridized carbons (Fsp3) is 0.478. The fourth-order valence-electron chi connectivity index (χ4n) is 6.19. The number of nitrogens with one attached hydrogen (secondary N) is 2. The quantitative estimate of drug-likeness (QED) is 0.540. The Balaban J connectivity index is 1.83. The van der Waals surface area contributed by atoms with E-state index in [1.165, 1.54) is 12.3 Å². The number of anilines is 1. The summed E-state index contributed by atoms with van der Waals surface area (Å²) in [5, 5.41) is 16.2. The van der Waals surface area contributed by atoms with Gasteiger partial charge in [0.25, 0.3) is 0 Å². The van der Waals surface area contributed by atoms with E-state index < -0.39 is 40.6 Å². The summed E-state index contributed by atoms with van der Waals surface area (Å²) in [6.45, 7) is 4.31. The van der Waals surface area contributed by atoms with E-state index in [1.807, 2.05) is 0 Å². The summed E-state index contributed by atoms with van der Waals surface area (Å²) in [7, 11) is 0. The number of aliphatic carboxylic acids is 1. The number of pyridine rings is 2. The van der Waals surface area contributed by atoms with Crippen molar-refractivity contribution in [2.75, 3.05) is 5.32 Å². The lowest BCUT2D eigenvalue weighted by atomic mass is 9.53. The third kappa shape index (κ3) is 3.03. The lowest BCUT2D eigenvalue weighted by molar-refractivity contribution is -0.139. The van der Waals surface area contributed by atoms with E-state index in [2.05, 4.69) is 34.4 Å². The van der Waals surface area contributed by atoms with Gasteiger partial charge in [-0.2, -0.15) is 0 Å². The van der Waals surface area contributed by atoms with E-state index in [9.17, 15) is 14.7 Å². The van der Waals surface area contributed by atoms with E-state index in [0.29, 0.717) is 18.4 Å². The van der Waals surface area contributed by atoms with Gasteiger partial charge in [-0.25, -0.2) is 14.4 Å². The van der Waals surface area contributed by atoms with Crippen LogP contribution in [-0.2, 0) is 15.0 Å². The molecule has 4 heterocycles. The van der Waals surface area contributed by atoms with Gasteiger partial charge in [0, 0.05) is 23.2 Å². The molecule has 0 bridgehead atoms. The number of fused-ring (bicyclic) bond motifs is 3. The van der Waals surface area contributed by atoms with Crippen molar-refractivity contribution in [2.24, 2.45) is 5.41 Å². The maximum atomic E-state index is 15.4. The van der Waals surface area contributed by atoms with E-state index in [1.54, 1.807) is 12.1 Å². The highest BCUT2D eigenvalue weighted by molar-refractivity contribution is 6.30. The van der Waals surface area contributed by atoms with Crippen molar-refractivity contribution < 1.29 is 19.1 Å². The maximum Gasteiger partial charge on any atom is 0.321 e. The molecule has 1 saturated heterocycles. The number of nitrogens with zero attached hydrogens (tertiary/aromatic N) is 2. The molecule has 0 aromatic carbocycles. The molecular weight excluding hydrogens is 470 g/mol. The minimum absolute atomic E-state index is 0.0340. The molecule has 33 heavy (non-hydrogen) atoms. The van der Waals surface area contributed by atoms with Crippen LogP contribution < -0.4 is 10.6 Å². The molecule has 3 N–H and O–H groups in total. The Hall–Kier alpha value is -2.29. The van der Waals surface area contributed by atoms with Crippen LogP contribution in [0.5, 0.6) is 0 Å². The van der Waals surface area contributed by atoms with Gasteiger partial charge in [0.05, 0.1) is 0 Å². The van der Waals surface area contributed by atoms with Gasteiger partial charge in [-0.05, 0) is 48.8 Å². The first kappa shape index (κ1) is 22.5. The zero-order valence-corrected chi connectivity index (χ0v) is 19.6. The number of halogens is 3.